The average Bonchev–Trinajstić information content (AvgIpc) is 3.43. The van der Waals surface area contributed by atoms with Crippen molar-refractivity contribution in [1.82, 2.24) is 10.6 Å². The number of aliphatic imine (C=N–C) groups is 1. The van der Waals surface area contributed by atoms with Gasteiger partial charge in [0.2, 0.25) is 5.91 Å². The van der Waals surface area contributed by atoms with Crippen LogP contribution in [0.4, 0.5) is 5.69 Å². The van der Waals surface area contributed by atoms with Gasteiger partial charge >= 0.3 is 0 Å². The Hall–Kier alpha value is -2.82. The van der Waals surface area contributed by atoms with Gasteiger partial charge in [-0.25, -0.2) is 4.99 Å². The molecule has 1 amide bonds. The third-order valence-corrected chi connectivity index (χ3v) is 3.94. The molecule has 5 heteroatoms. The molecule has 5 nitrogen and oxygen atoms in total. The van der Waals surface area contributed by atoms with Crippen LogP contribution in [0.2, 0.25) is 0 Å². The van der Waals surface area contributed by atoms with Crippen LogP contribution in [-0.4, -0.2) is 24.5 Å². The number of benzene rings is 2. The van der Waals surface area contributed by atoms with Crippen LogP contribution in [0.1, 0.15) is 24.0 Å². The smallest absolute Gasteiger partial charge is 0.239 e. The molecule has 0 radical (unpaired) electrons. The van der Waals surface area contributed by atoms with E-state index in [1.165, 1.54) is 5.56 Å². The molecule has 0 aromatic heterocycles. The number of nitrogens with one attached hydrogen (secondary N) is 3. The van der Waals surface area contributed by atoms with Gasteiger partial charge in [0.15, 0.2) is 5.96 Å². The summed E-state index contributed by atoms with van der Waals surface area (Å²) in [6, 6.07) is 18.5. The Kier molecular flexibility index (Phi) is 5.67. The first-order valence-corrected chi connectivity index (χ1v) is 8.64. The van der Waals surface area contributed by atoms with E-state index in [-0.39, 0.29) is 12.5 Å². The summed E-state index contributed by atoms with van der Waals surface area (Å²) >= 11 is 0. The van der Waals surface area contributed by atoms with Crippen LogP contribution in [0.3, 0.4) is 0 Å². The Balaban J connectivity index is 1.62. The molecule has 0 spiro atoms. The van der Waals surface area contributed by atoms with Crippen LogP contribution in [-0.2, 0) is 11.3 Å². The monoisotopic (exact) mass is 336 g/mol. The number of hydrogen-bond donors (Lipinski definition) is 3. The molecule has 2 aromatic carbocycles. The second-order valence-corrected chi connectivity index (χ2v) is 6.34. The van der Waals surface area contributed by atoms with Gasteiger partial charge in [-0.15, -0.1) is 0 Å². The van der Waals surface area contributed by atoms with Crippen LogP contribution in [0.25, 0.3) is 0 Å². The maximum Gasteiger partial charge on any atom is 0.239 e. The van der Waals surface area contributed by atoms with Crippen molar-refractivity contribution >= 4 is 17.6 Å². The van der Waals surface area contributed by atoms with E-state index in [1.54, 1.807) is 0 Å². The van der Waals surface area contributed by atoms with Crippen molar-refractivity contribution in [1.29, 1.82) is 0 Å². The van der Waals surface area contributed by atoms with Crippen LogP contribution < -0.4 is 16.0 Å². The number of rotatable bonds is 6. The summed E-state index contributed by atoms with van der Waals surface area (Å²) in [4.78, 5) is 16.5. The zero-order valence-corrected chi connectivity index (χ0v) is 14.5. The van der Waals surface area contributed by atoms with E-state index in [1.807, 2.05) is 30.3 Å². The number of guanidine groups is 1. The Bertz CT molecular complexity index is 721. The van der Waals surface area contributed by atoms with E-state index in [2.05, 4.69) is 52.1 Å². The van der Waals surface area contributed by atoms with Gasteiger partial charge < -0.3 is 16.0 Å². The number of anilines is 1. The Labute approximate surface area is 148 Å². The summed E-state index contributed by atoms with van der Waals surface area (Å²) in [5, 5.41) is 9.32. The highest BCUT2D eigenvalue weighted by atomic mass is 16.2. The summed E-state index contributed by atoms with van der Waals surface area (Å²) in [6.45, 7) is 2.82. The quantitative estimate of drug-likeness (QED) is 0.561. The Morgan fingerprint density at radius 2 is 1.80 bits per heavy atom. The highest BCUT2D eigenvalue weighted by molar-refractivity contribution is 5.95. The van der Waals surface area contributed by atoms with Crippen molar-refractivity contribution in [3.63, 3.8) is 0 Å². The minimum atomic E-state index is 0.000368. The molecule has 1 aliphatic rings. The van der Waals surface area contributed by atoms with Crippen molar-refractivity contribution in [2.75, 3.05) is 11.9 Å². The number of carbonyl (C=O) groups excluding carboxylic acids is 1. The molecule has 1 aliphatic carbocycles. The van der Waals surface area contributed by atoms with Gasteiger partial charge in [0.05, 0.1) is 13.1 Å². The zero-order valence-electron chi connectivity index (χ0n) is 14.5. The molecule has 0 bridgehead atoms. The molecule has 25 heavy (non-hydrogen) atoms. The largest absolute Gasteiger partial charge is 0.352 e. The van der Waals surface area contributed by atoms with Crippen LogP contribution in [0.5, 0.6) is 0 Å². The molecule has 0 heterocycles. The van der Waals surface area contributed by atoms with E-state index in [9.17, 15) is 4.79 Å². The number of hydrogen-bond acceptors (Lipinski definition) is 2. The summed E-state index contributed by atoms with van der Waals surface area (Å²) in [5.41, 5.74) is 3.28. The van der Waals surface area contributed by atoms with E-state index >= 15 is 0 Å². The molecule has 0 atom stereocenters. The fraction of sp³-hybridized carbons (Fsp3) is 0.300. The minimum Gasteiger partial charge on any atom is -0.352 e. The first kappa shape index (κ1) is 17.0. The second kappa shape index (κ2) is 8.33. The van der Waals surface area contributed by atoms with Crippen LogP contribution in [0.15, 0.2) is 59.6 Å². The zero-order chi connectivity index (χ0) is 17.5. The molecule has 1 fully saturated rings. The Morgan fingerprint density at radius 3 is 2.48 bits per heavy atom. The highest BCUT2D eigenvalue weighted by Crippen LogP contribution is 2.18. The molecular weight excluding hydrogens is 312 g/mol. The number of carbonyl (C=O) groups is 1. The van der Waals surface area contributed by atoms with Crippen molar-refractivity contribution in [2.45, 2.75) is 32.4 Å². The van der Waals surface area contributed by atoms with Crippen molar-refractivity contribution in [3.05, 3.63) is 65.7 Å². The van der Waals surface area contributed by atoms with Gasteiger partial charge in [-0.2, -0.15) is 0 Å². The van der Waals surface area contributed by atoms with Gasteiger partial charge in [0.1, 0.15) is 0 Å². The van der Waals surface area contributed by atoms with Crippen molar-refractivity contribution in [3.8, 4) is 0 Å². The summed E-state index contributed by atoms with van der Waals surface area (Å²) in [5.74, 6) is 0.595. The number of para-hydroxylation sites is 1. The van der Waals surface area contributed by atoms with Crippen LogP contribution >= 0.6 is 0 Å². The lowest BCUT2D eigenvalue weighted by atomic mass is 10.1. The number of nitrogens with zero attached hydrogens (tertiary/aromatic N) is 1. The highest BCUT2D eigenvalue weighted by Gasteiger charge is 2.22. The molecular formula is C20H24N4O. The van der Waals surface area contributed by atoms with Gasteiger partial charge in [-0.3, -0.25) is 4.79 Å². The fourth-order valence-electron chi connectivity index (χ4n) is 2.33. The molecule has 2 aromatic rings. The molecule has 130 valence electrons. The van der Waals surface area contributed by atoms with E-state index in [0.29, 0.717) is 18.5 Å². The molecule has 1 saturated carbocycles. The second-order valence-electron chi connectivity index (χ2n) is 6.34. The molecule has 0 aliphatic heterocycles. The summed E-state index contributed by atoms with van der Waals surface area (Å²) in [7, 11) is 0. The average molecular weight is 336 g/mol. The number of amides is 1. The molecule has 3 rings (SSSR count). The predicted octanol–water partition coefficient (Wildman–Crippen LogP) is 2.83. The van der Waals surface area contributed by atoms with E-state index in [4.69, 9.17) is 0 Å². The normalized spacial score (nSPS) is 14.0. The lowest BCUT2D eigenvalue weighted by molar-refractivity contribution is -0.120. The topological polar surface area (TPSA) is 65.5 Å². The molecule has 0 saturated heterocycles. The first-order valence-electron chi connectivity index (χ1n) is 8.64. The van der Waals surface area contributed by atoms with Gasteiger partial charge in [0.25, 0.3) is 0 Å². The lowest BCUT2D eigenvalue weighted by Crippen LogP contribution is -2.40. The van der Waals surface area contributed by atoms with E-state index in [0.717, 1.165) is 24.1 Å². The van der Waals surface area contributed by atoms with Gasteiger partial charge in [-0.05, 0) is 37.5 Å². The summed E-state index contributed by atoms with van der Waals surface area (Å²) in [6.07, 6.45) is 2.17. The third kappa shape index (κ3) is 5.95. The predicted molar refractivity (Wildman–Crippen MR) is 102 cm³/mol. The molecule has 3 N–H and O–H groups in total. The number of aryl methyl sites for hydroxylation is 1. The first-order chi connectivity index (χ1) is 12.2. The van der Waals surface area contributed by atoms with Crippen molar-refractivity contribution in [2.24, 2.45) is 4.99 Å². The SMILES string of the molecule is Cc1ccc(CN=C(NCC(=O)NC2CC2)Nc2ccccc2)cc1. The summed E-state index contributed by atoms with van der Waals surface area (Å²) < 4.78 is 0. The lowest BCUT2D eigenvalue weighted by Gasteiger charge is -2.13. The maximum atomic E-state index is 11.9. The van der Waals surface area contributed by atoms with Crippen molar-refractivity contribution < 1.29 is 4.79 Å². The Morgan fingerprint density at radius 1 is 1.08 bits per heavy atom. The standard InChI is InChI=1S/C20H24N4O/c1-15-7-9-16(10-8-15)13-21-20(24-17-5-3-2-4-6-17)22-14-19(25)23-18-11-12-18/h2-10,18H,11-14H2,1H3,(H,23,25)(H2,21,22,24). The third-order valence-electron chi connectivity index (χ3n) is 3.94. The van der Waals surface area contributed by atoms with Gasteiger partial charge in [0, 0.05) is 11.7 Å². The van der Waals surface area contributed by atoms with E-state index < -0.39 is 0 Å². The molecule has 0 unspecified atom stereocenters. The maximum absolute atomic E-state index is 11.9. The minimum absolute atomic E-state index is 0.000368. The fourth-order valence-corrected chi connectivity index (χ4v) is 2.33. The van der Waals surface area contributed by atoms with Gasteiger partial charge in [-0.1, -0.05) is 48.0 Å². The van der Waals surface area contributed by atoms with Crippen LogP contribution in [0, 0.1) is 6.92 Å².